The Bertz CT molecular complexity index is 941. The maximum absolute atomic E-state index is 6.03. The fraction of sp³-hybridized carbons (Fsp3) is 0.250. The zero-order chi connectivity index (χ0) is 20.6. The lowest BCUT2D eigenvalue weighted by atomic mass is 10.1. The second-order valence-electron chi connectivity index (χ2n) is 6.80. The lowest BCUT2D eigenvalue weighted by molar-refractivity contribution is 0.282. The highest BCUT2D eigenvalue weighted by molar-refractivity contribution is 9.10. The predicted octanol–water partition coefficient (Wildman–Crippen LogP) is 5.64. The molecule has 3 rings (SSSR count). The maximum atomic E-state index is 6.03. The molecule has 0 heterocycles. The van der Waals surface area contributed by atoms with Gasteiger partial charge in [0.15, 0.2) is 11.5 Å². The lowest BCUT2D eigenvalue weighted by Gasteiger charge is -2.15. The van der Waals surface area contributed by atoms with Crippen LogP contribution in [0.4, 0.5) is 0 Å². The van der Waals surface area contributed by atoms with Gasteiger partial charge in [-0.1, -0.05) is 48.0 Å². The highest BCUT2D eigenvalue weighted by atomic mass is 79.9. The van der Waals surface area contributed by atoms with Gasteiger partial charge in [0.25, 0.3) is 0 Å². The summed E-state index contributed by atoms with van der Waals surface area (Å²) in [5.74, 6) is 2.31. The molecule has 0 aliphatic rings. The Balaban J connectivity index is 1.65. The zero-order valence-electron chi connectivity index (χ0n) is 17.0. The van der Waals surface area contributed by atoms with Gasteiger partial charge in [-0.2, -0.15) is 0 Å². The van der Waals surface area contributed by atoms with Crippen molar-refractivity contribution in [1.82, 2.24) is 5.32 Å². The van der Waals surface area contributed by atoms with Crippen LogP contribution in [0, 0.1) is 6.92 Å². The molecule has 29 heavy (non-hydrogen) atoms. The third-order valence-electron chi connectivity index (χ3n) is 4.63. The standard InChI is InChI=1S/C24H26BrNO3/c1-17-8-10-18(11-9-17)16-29-24-21(25)12-19(13-23(24)28-3)14-26-15-20-6-4-5-7-22(20)27-2/h4-13,26H,14-16H2,1-3H3. The summed E-state index contributed by atoms with van der Waals surface area (Å²) in [5.41, 5.74) is 4.58. The number of halogens is 1. The molecule has 0 aromatic heterocycles. The summed E-state index contributed by atoms with van der Waals surface area (Å²) in [6.45, 7) is 3.98. The number of hydrogen-bond donors (Lipinski definition) is 1. The fourth-order valence-corrected chi connectivity index (χ4v) is 3.65. The minimum Gasteiger partial charge on any atom is -0.496 e. The Morgan fingerprint density at radius 3 is 2.28 bits per heavy atom. The molecule has 0 unspecified atom stereocenters. The van der Waals surface area contributed by atoms with Crippen molar-refractivity contribution >= 4 is 15.9 Å². The molecule has 0 amide bonds. The molecule has 0 radical (unpaired) electrons. The van der Waals surface area contributed by atoms with Gasteiger partial charge in [-0.3, -0.25) is 0 Å². The summed E-state index contributed by atoms with van der Waals surface area (Å²) < 4.78 is 17.9. The molecule has 4 nitrogen and oxygen atoms in total. The van der Waals surface area contributed by atoms with Crippen LogP contribution in [0.5, 0.6) is 17.2 Å². The summed E-state index contributed by atoms with van der Waals surface area (Å²) in [4.78, 5) is 0. The fourth-order valence-electron chi connectivity index (χ4n) is 3.05. The number of aryl methyl sites for hydroxylation is 1. The molecule has 3 aromatic carbocycles. The summed E-state index contributed by atoms with van der Waals surface area (Å²) in [5, 5.41) is 3.46. The van der Waals surface area contributed by atoms with Crippen LogP contribution in [0.25, 0.3) is 0 Å². The van der Waals surface area contributed by atoms with Crippen molar-refractivity contribution in [3.63, 3.8) is 0 Å². The Hall–Kier alpha value is -2.50. The lowest BCUT2D eigenvalue weighted by Crippen LogP contribution is -2.13. The maximum Gasteiger partial charge on any atom is 0.175 e. The van der Waals surface area contributed by atoms with Crippen LogP contribution in [0.1, 0.15) is 22.3 Å². The van der Waals surface area contributed by atoms with Crippen molar-refractivity contribution in [2.24, 2.45) is 0 Å². The molecule has 0 spiro atoms. The van der Waals surface area contributed by atoms with E-state index in [1.54, 1.807) is 14.2 Å². The first-order valence-electron chi connectivity index (χ1n) is 9.48. The molecule has 152 valence electrons. The number of benzene rings is 3. The first-order valence-corrected chi connectivity index (χ1v) is 10.3. The van der Waals surface area contributed by atoms with Gasteiger partial charge in [-0.25, -0.2) is 0 Å². The molecule has 3 aromatic rings. The molecular weight excluding hydrogens is 430 g/mol. The van der Waals surface area contributed by atoms with E-state index >= 15 is 0 Å². The molecule has 5 heteroatoms. The summed E-state index contributed by atoms with van der Waals surface area (Å²) in [6.07, 6.45) is 0. The molecule has 0 fully saturated rings. The predicted molar refractivity (Wildman–Crippen MR) is 120 cm³/mol. The normalized spacial score (nSPS) is 10.6. The van der Waals surface area contributed by atoms with E-state index in [0.29, 0.717) is 24.7 Å². The molecular formula is C24H26BrNO3. The van der Waals surface area contributed by atoms with E-state index in [1.807, 2.05) is 24.3 Å². The van der Waals surface area contributed by atoms with E-state index < -0.39 is 0 Å². The van der Waals surface area contributed by atoms with E-state index in [4.69, 9.17) is 14.2 Å². The minimum absolute atomic E-state index is 0.487. The van der Waals surface area contributed by atoms with Gasteiger partial charge >= 0.3 is 0 Å². The molecule has 0 saturated heterocycles. The highest BCUT2D eigenvalue weighted by Gasteiger charge is 2.12. The number of para-hydroxylation sites is 1. The van der Waals surface area contributed by atoms with Crippen molar-refractivity contribution in [2.45, 2.75) is 26.6 Å². The minimum atomic E-state index is 0.487. The van der Waals surface area contributed by atoms with Gasteiger partial charge in [0.05, 0.1) is 18.7 Å². The number of ether oxygens (including phenoxy) is 3. The number of hydrogen-bond acceptors (Lipinski definition) is 4. The number of rotatable bonds is 9. The summed E-state index contributed by atoms with van der Waals surface area (Å²) in [7, 11) is 3.35. The largest absolute Gasteiger partial charge is 0.496 e. The molecule has 0 aliphatic heterocycles. The monoisotopic (exact) mass is 455 g/mol. The van der Waals surface area contributed by atoms with E-state index in [9.17, 15) is 0 Å². The van der Waals surface area contributed by atoms with Gasteiger partial charge in [-0.05, 0) is 52.2 Å². The molecule has 0 aliphatic carbocycles. The second kappa shape index (κ2) is 10.3. The van der Waals surface area contributed by atoms with Crippen LogP contribution in [-0.2, 0) is 19.7 Å². The van der Waals surface area contributed by atoms with Crippen LogP contribution < -0.4 is 19.5 Å². The SMILES string of the molecule is COc1ccccc1CNCc1cc(Br)c(OCc2ccc(C)cc2)c(OC)c1. The number of nitrogens with one attached hydrogen (secondary N) is 1. The van der Waals surface area contributed by atoms with Gasteiger partial charge in [-0.15, -0.1) is 0 Å². The Labute approximate surface area is 180 Å². The molecule has 0 saturated carbocycles. The van der Waals surface area contributed by atoms with Gasteiger partial charge < -0.3 is 19.5 Å². The molecule has 1 N–H and O–H groups in total. The highest BCUT2D eigenvalue weighted by Crippen LogP contribution is 2.37. The summed E-state index contributed by atoms with van der Waals surface area (Å²) >= 11 is 3.63. The van der Waals surface area contributed by atoms with Crippen LogP contribution in [0.15, 0.2) is 65.1 Å². The Morgan fingerprint density at radius 2 is 1.55 bits per heavy atom. The quantitative estimate of drug-likeness (QED) is 0.452. The van der Waals surface area contributed by atoms with E-state index in [1.165, 1.54) is 5.56 Å². The van der Waals surface area contributed by atoms with E-state index in [-0.39, 0.29) is 0 Å². The third-order valence-corrected chi connectivity index (χ3v) is 5.22. The van der Waals surface area contributed by atoms with Crippen LogP contribution >= 0.6 is 15.9 Å². The van der Waals surface area contributed by atoms with Crippen LogP contribution in [0.3, 0.4) is 0 Å². The van der Waals surface area contributed by atoms with Crippen molar-refractivity contribution < 1.29 is 14.2 Å². The topological polar surface area (TPSA) is 39.7 Å². The Kier molecular flexibility index (Phi) is 7.55. The van der Waals surface area contributed by atoms with E-state index in [2.05, 4.69) is 64.6 Å². The number of methoxy groups -OCH3 is 2. The van der Waals surface area contributed by atoms with Crippen LogP contribution in [-0.4, -0.2) is 14.2 Å². The van der Waals surface area contributed by atoms with Crippen molar-refractivity contribution in [2.75, 3.05) is 14.2 Å². The smallest absolute Gasteiger partial charge is 0.175 e. The van der Waals surface area contributed by atoms with Gasteiger partial charge in [0.1, 0.15) is 12.4 Å². The first-order chi connectivity index (χ1) is 14.1. The van der Waals surface area contributed by atoms with Crippen molar-refractivity contribution in [3.8, 4) is 17.2 Å². The molecule has 0 atom stereocenters. The zero-order valence-corrected chi connectivity index (χ0v) is 18.6. The third kappa shape index (κ3) is 5.75. The van der Waals surface area contributed by atoms with Crippen molar-refractivity contribution in [3.05, 3.63) is 87.4 Å². The second-order valence-corrected chi connectivity index (χ2v) is 7.65. The molecule has 0 bridgehead atoms. The van der Waals surface area contributed by atoms with Crippen molar-refractivity contribution in [1.29, 1.82) is 0 Å². The average Bonchev–Trinajstić information content (AvgIpc) is 2.74. The Morgan fingerprint density at radius 1 is 0.828 bits per heavy atom. The summed E-state index contributed by atoms with van der Waals surface area (Å²) in [6, 6.07) is 20.4. The van der Waals surface area contributed by atoms with Gasteiger partial charge in [0.2, 0.25) is 0 Å². The van der Waals surface area contributed by atoms with Crippen LogP contribution in [0.2, 0.25) is 0 Å². The first kappa shape index (κ1) is 21.2. The average molecular weight is 456 g/mol. The van der Waals surface area contributed by atoms with E-state index in [0.717, 1.165) is 33.5 Å². The van der Waals surface area contributed by atoms with Gasteiger partial charge in [0, 0.05) is 18.7 Å².